The number of halogens is 1. The molecule has 24 heavy (non-hydrogen) atoms. The Hall–Kier alpha value is -1.62. The molecule has 2 rings (SSSR count). The van der Waals surface area contributed by atoms with E-state index in [1.807, 2.05) is 24.3 Å². The molecule has 0 spiro atoms. The monoisotopic (exact) mass is 392 g/mol. The SMILES string of the molecule is CCCCCCCCCN1C(=O)C=C(Nc2ccc(Br)cc2)C1=O. The van der Waals surface area contributed by atoms with Crippen LogP contribution in [0, 0.1) is 0 Å². The van der Waals surface area contributed by atoms with Crippen molar-refractivity contribution < 1.29 is 9.59 Å². The van der Waals surface area contributed by atoms with Crippen molar-refractivity contribution in [3.63, 3.8) is 0 Å². The third-order valence-electron chi connectivity index (χ3n) is 4.12. The van der Waals surface area contributed by atoms with Crippen LogP contribution in [0.3, 0.4) is 0 Å². The van der Waals surface area contributed by atoms with Crippen molar-refractivity contribution in [1.82, 2.24) is 4.90 Å². The quantitative estimate of drug-likeness (QED) is 0.456. The van der Waals surface area contributed by atoms with Crippen LogP contribution < -0.4 is 5.32 Å². The molecule has 1 heterocycles. The van der Waals surface area contributed by atoms with Gasteiger partial charge in [-0.1, -0.05) is 61.4 Å². The van der Waals surface area contributed by atoms with Gasteiger partial charge in [0.05, 0.1) is 0 Å². The first-order valence-electron chi connectivity index (χ1n) is 8.72. The summed E-state index contributed by atoms with van der Waals surface area (Å²) in [6, 6.07) is 7.50. The fraction of sp³-hybridized carbons (Fsp3) is 0.474. The number of imide groups is 1. The number of carbonyl (C=O) groups excluding carboxylic acids is 2. The fourth-order valence-electron chi connectivity index (χ4n) is 2.73. The van der Waals surface area contributed by atoms with Gasteiger partial charge in [0, 0.05) is 22.8 Å². The number of hydrogen-bond donors (Lipinski definition) is 1. The van der Waals surface area contributed by atoms with Gasteiger partial charge in [0.15, 0.2) is 0 Å². The van der Waals surface area contributed by atoms with Crippen LogP contribution in [0.4, 0.5) is 5.69 Å². The van der Waals surface area contributed by atoms with Crippen LogP contribution in [0.15, 0.2) is 40.5 Å². The van der Waals surface area contributed by atoms with Gasteiger partial charge in [-0.25, -0.2) is 0 Å². The first-order valence-corrected chi connectivity index (χ1v) is 9.51. The molecule has 1 aromatic carbocycles. The maximum absolute atomic E-state index is 12.4. The molecule has 0 fully saturated rings. The molecule has 0 unspecified atom stereocenters. The van der Waals surface area contributed by atoms with Crippen LogP contribution >= 0.6 is 15.9 Å². The standard InChI is InChI=1S/C19H25BrN2O2/c1-2-3-4-5-6-7-8-13-22-18(23)14-17(19(22)24)21-16-11-9-15(20)10-12-16/h9-12,14,21H,2-8,13H2,1H3. The molecule has 2 amide bonds. The number of amides is 2. The summed E-state index contributed by atoms with van der Waals surface area (Å²) in [5.74, 6) is -0.445. The van der Waals surface area contributed by atoms with E-state index in [1.54, 1.807) is 0 Å². The Morgan fingerprint density at radius 2 is 1.58 bits per heavy atom. The minimum atomic E-state index is -0.228. The number of carbonyl (C=O) groups is 2. The maximum Gasteiger partial charge on any atom is 0.277 e. The third-order valence-corrected chi connectivity index (χ3v) is 4.65. The van der Waals surface area contributed by atoms with Crippen molar-refractivity contribution in [3.05, 3.63) is 40.5 Å². The highest BCUT2D eigenvalue weighted by molar-refractivity contribution is 9.10. The van der Waals surface area contributed by atoms with E-state index in [1.165, 1.54) is 43.1 Å². The Bertz CT molecular complexity index is 596. The molecule has 0 aliphatic carbocycles. The Balaban J connectivity index is 1.76. The summed E-state index contributed by atoms with van der Waals surface area (Å²) in [4.78, 5) is 25.7. The molecule has 4 nitrogen and oxygen atoms in total. The van der Waals surface area contributed by atoms with E-state index in [4.69, 9.17) is 0 Å². The summed E-state index contributed by atoms with van der Waals surface area (Å²) < 4.78 is 0.969. The number of hydrogen-bond acceptors (Lipinski definition) is 3. The van der Waals surface area contributed by atoms with Crippen molar-refractivity contribution in [2.24, 2.45) is 0 Å². The molecular weight excluding hydrogens is 368 g/mol. The van der Waals surface area contributed by atoms with Crippen molar-refractivity contribution in [3.8, 4) is 0 Å². The average molecular weight is 393 g/mol. The van der Waals surface area contributed by atoms with Gasteiger partial charge in [-0.2, -0.15) is 0 Å². The van der Waals surface area contributed by atoms with Crippen molar-refractivity contribution >= 4 is 33.4 Å². The van der Waals surface area contributed by atoms with Gasteiger partial charge in [0.25, 0.3) is 11.8 Å². The van der Waals surface area contributed by atoms with Crippen molar-refractivity contribution in [1.29, 1.82) is 0 Å². The zero-order valence-corrected chi connectivity index (χ0v) is 15.8. The van der Waals surface area contributed by atoms with Gasteiger partial charge in [0.2, 0.25) is 0 Å². The van der Waals surface area contributed by atoms with Crippen LogP contribution in [-0.4, -0.2) is 23.3 Å². The Morgan fingerprint density at radius 1 is 0.958 bits per heavy atom. The van der Waals surface area contributed by atoms with E-state index in [9.17, 15) is 9.59 Å². The minimum Gasteiger partial charge on any atom is -0.351 e. The largest absolute Gasteiger partial charge is 0.351 e. The van der Waals surface area contributed by atoms with E-state index in [-0.39, 0.29) is 11.8 Å². The summed E-state index contributed by atoms with van der Waals surface area (Å²) in [6.07, 6.45) is 9.57. The Kier molecular flexibility index (Phi) is 7.50. The molecule has 1 N–H and O–H groups in total. The summed E-state index contributed by atoms with van der Waals surface area (Å²) >= 11 is 3.37. The van der Waals surface area contributed by atoms with Crippen LogP contribution in [0.5, 0.6) is 0 Å². The summed E-state index contributed by atoms with van der Waals surface area (Å²) in [5, 5.41) is 3.03. The van der Waals surface area contributed by atoms with Gasteiger partial charge >= 0.3 is 0 Å². The molecule has 130 valence electrons. The zero-order chi connectivity index (χ0) is 17.4. The lowest BCUT2D eigenvalue weighted by Crippen LogP contribution is -2.33. The second-order valence-corrected chi connectivity index (χ2v) is 7.02. The predicted octanol–water partition coefficient (Wildman–Crippen LogP) is 4.86. The molecule has 0 aromatic heterocycles. The lowest BCUT2D eigenvalue weighted by Gasteiger charge is -2.15. The van der Waals surface area contributed by atoms with Gasteiger partial charge in [-0.15, -0.1) is 0 Å². The molecule has 0 bridgehead atoms. The van der Waals surface area contributed by atoms with E-state index < -0.39 is 0 Å². The highest BCUT2D eigenvalue weighted by Gasteiger charge is 2.30. The zero-order valence-electron chi connectivity index (χ0n) is 14.2. The van der Waals surface area contributed by atoms with Gasteiger partial charge < -0.3 is 5.32 Å². The predicted molar refractivity (Wildman–Crippen MR) is 101 cm³/mol. The maximum atomic E-state index is 12.4. The van der Waals surface area contributed by atoms with E-state index in [2.05, 4.69) is 28.2 Å². The number of nitrogens with zero attached hydrogens (tertiary/aromatic N) is 1. The van der Waals surface area contributed by atoms with Gasteiger partial charge in [-0.3, -0.25) is 14.5 Å². The third kappa shape index (κ3) is 5.48. The molecule has 1 aromatic rings. The molecule has 0 saturated carbocycles. The van der Waals surface area contributed by atoms with Crippen LogP contribution in [0.25, 0.3) is 0 Å². The van der Waals surface area contributed by atoms with Crippen LogP contribution in [-0.2, 0) is 9.59 Å². The molecule has 1 aliphatic rings. The number of unbranched alkanes of at least 4 members (excludes halogenated alkanes) is 6. The fourth-order valence-corrected chi connectivity index (χ4v) is 2.99. The second kappa shape index (κ2) is 9.62. The lowest BCUT2D eigenvalue weighted by atomic mass is 10.1. The van der Waals surface area contributed by atoms with Crippen molar-refractivity contribution in [2.45, 2.75) is 51.9 Å². The number of benzene rings is 1. The topological polar surface area (TPSA) is 49.4 Å². The summed E-state index contributed by atoms with van der Waals surface area (Å²) in [7, 11) is 0. The van der Waals surface area contributed by atoms with Crippen LogP contribution in [0.1, 0.15) is 51.9 Å². The van der Waals surface area contributed by atoms with E-state index in [0.29, 0.717) is 12.2 Å². The molecule has 1 aliphatic heterocycles. The first-order chi connectivity index (χ1) is 11.6. The number of rotatable bonds is 10. The smallest absolute Gasteiger partial charge is 0.277 e. The van der Waals surface area contributed by atoms with E-state index >= 15 is 0 Å². The first kappa shape index (κ1) is 18.7. The Morgan fingerprint density at radius 3 is 2.25 bits per heavy atom. The number of nitrogens with one attached hydrogen (secondary N) is 1. The minimum absolute atomic E-state index is 0.217. The molecule has 0 saturated heterocycles. The molecule has 0 atom stereocenters. The van der Waals surface area contributed by atoms with Crippen molar-refractivity contribution in [2.75, 3.05) is 11.9 Å². The van der Waals surface area contributed by atoms with Gasteiger partial charge in [0.1, 0.15) is 5.70 Å². The molecule has 0 radical (unpaired) electrons. The molecular formula is C19H25BrN2O2. The average Bonchev–Trinajstić information content (AvgIpc) is 2.83. The highest BCUT2D eigenvalue weighted by atomic mass is 79.9. The number of anilines is 1. The second-order valence-electron chi connectivity index (χ2n) is 6.11. The summed E-state index contributed by atoms with van der Waals surface area (Å²) in [5.41, 5.74) is 1.15. The van der Waals surface area contributed by atoms with E-state index in [0.717, 1.165) is 23.0 Å². The Labute approximate surface area is 152 Å². The summed E-state index contributed by atoms with van der Waals surface area (Å²) in [6.45, 7) is 2.71. The highest BCUT2D eigenvalue weighted by Crippen LogP contribution is 2.20. The normalized spacial score (nSPS) is 14.2. The molecule has 5 heteroatoms. The lowest BCUT2D eigenvalue weighted by molar-refractivity contribution is -0.137. The van der Waals surface area contributed by atoms with Gasteiger partial charge in [-0.05, 0) is 30.7 Å². The van der Waals surface area contributed by atoms with Crippen LogP contribution in [0.2, 0.25) is 0 Å².